The van der Waals surface area contributed by atoms with E-state index in [1.165, 1.54) is 0 Å². The highest BCUT2D eigenvalue weighted by molar-refractivity contribution is 6.30. The molecule has 0 radical (unpaired) electrons. The molecule has 2 heterocycles. The first-order chi connectivity index (χ1) is 16.6. The zero-order chi connectivity index (χ0) is 23.3. The van der Waals surface area contributed by atoms with Gasteiger partial charge in [0.1, 0.15) is 11.5 Å². The summed E-state index contributed by atoms with van der Waals surface area (Å²) in [5, 5.41) is 0.634. The molecule has 4 aromatic rings. The lowest BCUT2D eigenvalue weighted by Crippen LogP contribution is -2.50. The van der Waals surface area contributed by atoms with E-state index in [2.05, 4.69) is 20.5 Å². The van der Waals surface area contributed by atoms with Crippen molar-refractivity contribution in [2.75, 3.05) is 24.5 Å². The maximum atomic E-state index is 12.8. The standard InChI is InChI=1S/C27H25ClN4O2/c28-22-7-5-8-23(15-22)32-13-12-30(19-27(32)33)18-24-16-29-20-31(24)17-21-6-4-11-26(14-21)34-25-9-2-1-3-10-25/h1-11,14-16,20H,12-13,17-19H2. The maximum Gasteiger partial charge on any atom is 0.241 e. The quantitative estimate of drug-likeness (QED) is 0.370. The molecule has 0 unspecified atom stereocenters. The molecule has 5 rings (SSSR count). The van der Waals surface area contributed by atoms with Gasteiger partial charge in [-0.05, 0) is 48.0 Å². The summed E-state index contributed by atoms with van der Waals surface area (Å²) in [6.45, 7) is 3.11. The van der Waals surface area contributed by atoms with E-state index >= 15 is 0 Å². The van der Waals surface area contributed by atoms with E-state index in [4.69, 9.17) is 16.3 Å². The molecule has 0 aliphatic carbocycles. The van der Waals surface area contributed by atoms with Crippen LogP contribution in [0.25, 0.3) is 0 Å². The van der Waals surface area contributed by atoms with Gasteiger partial charge in [0.05, 0.1) is 18.6 Å². The van der Waals surface area contributed by atoms with Crippen LogP contribution in [-0.4, -0.2) is 40.0 Å². The molecule has 1 saturated heterocycles. The molecule has 1 aliphatic heterocycles. The lowest BCUT2D eigenvalue weighted by Gasteiger charge is -2.34. The van der Waals surface area contributed by atoms with Gasteiger partial charge in [0.25, 0.3) is 0 Å². The predicted octanol–water partition coefficient (Wildman–Crippen LogP) is 5.23. The highest BCUT2D eigenvalue weighted by Crippen LogP contribution is 2.24. The SMILES string of the molecule is O=C1CN(Cc2cncn2Cc2cccc(Oc3ccccc3)c2)CCN1c1cccc(Cl)c1. The fourth-order valence-electron chi connectivity index (χ4n) is 4.15. The summed E-state index contributed by atoms with van der Waals surface area (Å²) < 4.78 is 8.09. The van der Waals surface area contributed by atoms with Gasteiger partial charge >= 0.3 is 0 Å². The molecule has 34 heavy (non-hydrogen) atoms. The smallest absolute Gasteiger partial charge is 0.241 e. The molecule has 3 aromatic carbocycles. The number of hydrogen-bond acceptors (Lipinski definition) is 4. The minimum atomic E-state index is 0.0744. The molecule has 1 aliphatic rings. The average molecular weight is 473 g/mol. The van der Waals surface area contributed by atoms with Gasteiger partial charge in [-0.2, -0.15) is 0 Å². The van der Waals surface area contributed by atoms with Crippen molar-refractivity contribution < 1.29 is 9.53 Å². The van der Waals surface area contributed by atoms with Crippen LogP contribution in [0.2, 0.25) is 5.02 Å². The number of para-hydroxylation sites is 1. The number of imidazole rings is 1. The minimum absolute atomic E-state index is 0.0744. The van der Waals surface area contributed by atoms with Crippen LogP contribution in [0.5, 0.6) is 11.5 Å². The molecular weight excluding hydrogens is 448 g/mol. The minimum Gasteiger partial charge on any atom is -0.457 e. The molecule has 0 atom stereocenters. The maximum absolute atomic E-state index is 12.8. The number of rotatable bonds is 7. The summed E-state index contributed by atoms with van der Waals surface area (Å²) in [6.07, 6.45) is 3.71. The van der Waals surface area contributed by atoms with Crippen LogP contribution in [0.15, 0.2) is 91.4 Å². The second-order valence-corrected chi connectivity index (χ2v) is 8.75. The van der Waals surface area contributed by atoms with Gasteiger partial charge in [0.15, 0.2) is 0 Å². The van der Waals surface area contributed by atoms with E-state index in [-0.39, 0.29) is 5.91 Å². The first kappa shape index (κ1) is 22.2. The Morgan fingerprint density at radius 3 is 2.53 bits per heavy atom. The Kier molecular flexibility index (Phi) is 6.60. The van der Waals surface area contributed by atoms with Gasteiger partial charge in [-0.1, -0.05) is 48.0 Å². The molecule has 0 bridgehead atoms. The number of ether oxygens (including phenoxy) is 1. The molecule has 0 saturated carbocycles. The number of hydrogen-bond donors (Lipinski definition) is 0. The summed E-state index contributed by atoms with van der Waals surface area (Å²) in [5.74, 6) is 1.68. The molecule has 1 amide bonds. The molecule has 6 nitrogen and oxygen atoms in total. The first-order valence-electron chi connectivity index (χ1n) is 11.2. The normalized spacial score (nSPS) is 14.4. The fourth-order valence-corrected chi connectivity index (χ4v) is 4.34. The zero-order valence-corrected chi connectivity index (χ0v) is 19.4. The molecule has 1 fully saturated rings. The average Bonchev–Trinajstić information content (AvgIpc) is 3.26. The lowest BCUT2D eigenvalue weighted by atomic mass is 10.2. The van der Waals surface area contributed by atoms with Crippen molar-refractivity contribution in [3.05, 3.63) is 108 Å². The monoisotopic (exact) mass is 472 g/mol. The molecule has 0 spiro atoms. The summed E-state index contributed by atoms with van der Waals surface area (Å²) in [7, 11) is 0. The van der Waals surface area contributed by atoms with E-state index in [9.17, 15) is 4.79 Å². The Morgan fingerprint density at radius 2 is 1.71 bits per heavy atom. The van der Waals surface area contributed by atoms with Gasteiger partial charge in [0.2, 0.25) is 5.91 Å². The number of anilines is 1. The third-order valence-electron chi connectivity index (χ3n) is 5.83. The highest BCUT2D eigenvalue weighted by atomic mass is 35.5. The Balaban J connectivity index is 1.22. The predicted molar refractivity (Wildman–Crippen MR) is 133 cm³/mol. The Morgan fingerprint density at radius 1 is 0.882 bits per heavy atom. The van der Waals surface area contributed by atoms with Crippen LogP contribution in [0.1, 0.15) is 11.3 Å². The Labute approximate surface area is 204 Å². The summed E-state index contributed by atoms with van der Waals surface area (Å²) in [4.78, 5) is 21.1. The van der Waals surface area contributed by atoms with Gasteiger partial charge in [-0.3, -0.25) is 9.69 Å². The number of carbonyl (C=O) groups excluding carboxylic acids is 1. The summed E-state index contributed by atoms with van der Waals surface area (Å²) in [6, 6.07) is 25.3. The summed E-state index contributed by atoms with van der Waals surface area (Å²) >= 11 is 6.10. The number of nitrogens with zero attached hydrogens (tertiary/aromatic N) is 4. The van der Waals surface area contributed by atoms with E-state index in [1.54, 1.807) is 4.90 Å². The number of aromatic nitrogens is 2. The fraction of sp³-hybridized carbons (Fsp3) is 0.185. The van der Waals surface area contributed by atoms with Crippen molar-refractivity contribution in [2.45, 2.75) is 13.1 Å². The van der Waals surface area contributed by atoms with Crippen molar-refractivity contribution in [3.63, 3.8) is 0 Å². The van der Waals surface area contributed by atoms with Crippen molar-refractivity contribution in [2.24, 2.45) is 0 Å². The number of carbonyl (C=O) groups is 1. The number of halogens is 1. The third-order valence-corrected chi connectivity index (χ3v) is 6.07. The molecular formula is C27H25ClN4O2. The molecule has 0 N–H and O–H groups in total. The topological polar surface area (TPSA) is 50.6 Å². The van der Waals surface area contributed by atoms with Gasteiger partial charge in [0, 0.05) is 43.1 Å². The van der Waals surface area contributed by atoms with Gasteiger partial charge < -0.3 is 14.2 Å². The van der Waals surface area contributed by atoms with Crippen LogP contribution >= 0.6 is 11.6 Å². The number of benzene rings is 3. The third kappa shape index (κ3) is 5.30. The zero-order valence-electron chi connectivity index (χ0n) is 18.7. The lowest BCUT2D eigenvalue weighted by molar-refractivity contribution is -0.121. The van der Waals surface area contributed by atoms with Gasteiger partial charge in [-0.15, -0.1) is 0 Å². The number of amides is 1. The van der Waals surface area contributed by atoms with E-state index < -0.39 is 0 Å². The molecule has 172 valence electrons. The van der Waals surface area contributed by atoms with Crippen molar-refractivity contribution in [1.82, 2.24) is 14.5 Å². The first-order valence-corrected chi connectivity index (χ1v) is 11.6. The van der Waals surface area contributed by atoms with E-state index in [1.807, 2.05) is 85.3 Å². The second-order valence-electron chi connectivity index (χ2n) is 8.31. The molecule has 7 heteroatoms. The Hall–Kier alpha value is -3.61. The van der Waals surface area contributed by atoms with Crippen molar-refractivity contribution in [1.29, 1.82) is 0 Å². The Bertz CT molecular complexity index is 1270. The van der Waals surface area contributed by atoms with Crippen LogP contribution in [-0.2, 0) is 17.9 Å². The van der Waals surface area contributed by atoms with E-state index in [0.717, 1.165) is 35.0 Å². The van der Waals surface area contributed by atoms with Crippen molar-refractivity contribution in [3.8, 4) is 11.5 Å². The second kappa shape index (κ2) is 10.1. The van der Waals surface area contributed by atoms with Crippen LogP contribution in [0.4, 0.5) is 5.69 Å². The van der Waals surface area contributed by atoms with E-state index in [0.29, 0.717) is 31.2 Å². The largest absolute Gasteiger partial charge is 0.457 e. The summed E-state index contributed by atoms with van der Waals surface area (Å²) in [5.41, 5.74) is 3.03. The van der Waals surface area contributed by atoms with Crippen LogP contribution < -0.4 is 9.64 Å². The van der Waals surface area contributed by atoms with Crippen LogP contribution in [0.3, 0.4) is 0 Å². The molecule has 1 aromatic heterocycles. The number of piperazine rings is 1. The van der Waals surface area contributed by atoms with Crippen molar-refractivity contribution >= 4 is 23.2 Å². The highest BCUT2D eigenvalue weighted by Gasteiger charge is 2.25. The van der Waals surface area contributed by atoms with Crippen LogP contribution in [0, 0.1) is 0 Å². The van der Waals surface area contributed by atoms with Gasteiger partial charge in [-0.25, -0.2) is 4.98 Å².